The van der Waals surface area contributed by atoms with Crippen molar-refractivity contribution in [3.05, 3.63) is 30.3 Å². The summed E-state index contributed by atoms with van der Waals surface area (Å²) < 4.78 is 0. The summed E-state index contributed by atoms with van der Waals surface area (Å²) in [6.45, 7) is 5.58. The van der Waals surface area contributed by atoms with Crippen LogP contribution in [0.5, 0.6) is 0 Å². The van der Waals surface area contributed by atoms with Crippen LogP contribution in [0.1, 0.15) is 39.5 Å². The van der Waals surface area contributed by atoms with Crippen LogP contribution in [0.3, 0.4) is 0 Å². The largest absolute Gasteiger partial charge is 0.388 e. The second-order valence-electron chi connectivity index (χ2n) is 6.23. The number of anilines is 1. The van der Waals surface area contributed by atoms with E-state index in [4.69, 9.17) is 11.1 Å². The third-order valence-electron chi connectivity index (χ3n) is 4.72. The Labute approximate surface area is 122 Å². The highest BCUT2D eigenvalue weighted by atomic mass is 15.2. The van der Waals surface area contributed by atoms with Gasteiger partial charge in [0.2, 0.25) is 0 Å². The van der Waals surface area contributed by atoms with E-state index in [9.17, 15) is 0 Å². The summed E-state index contributed by atoms with van der Waals surface area (Å²) in [5, 5.41) is 7.49. The van der Waals surface area contributed by atoms with Gasteiger partial charge in [-0.1, -0.05) is 32.0 Å². The lowest BCUT2D eigenvalue weighted by molar-refractivity contribution is 0.244. The number of rotatable bonds is 5. The number of hydrogen-bond donors (Lipinski definition) is 2. The lowest BCUT2D eigenvalue weighted by atomic mass is 9.78. The molecule has 1 saturated carbocycles. The van der Waals surface area contributed by atoms with Crippen LogP contribution in [0.2, 0.25) is 0 Å². The maximum Gasteiger partial charge on any atom is 0.0923 e. The van der Waals surface area contributed by atoms with E-state index < -0.39 is 0 Å². The van der Waals surface area contributed by atoms with Gasteiger partial charge in [-0.05, 0) is 43.2 Å². The molecule has 2 rings (SSSR count). The molecule has 0 saturated heterocycles. The number of nitrogens with zero attached hydrogens (tertiary/aromatic N) is 1. The van der Waals surface area contributed by atoms with Gasteiger partial charge in [-0.2, -0.15) is 0 Å². The minimum atomic E-state index is 0.281. The maximum absolute atomic E-state index is 7.49. The van der Waals surface area contributed by atoms with E-state index >= 15 is 0 Å². The van der Waals surface area contributed by atoms with Gasteiger partial charge >= 0.3 is 0 Å². The third kappa shape index (κ3) is 3.75. The molecule has 0 bridgehead atoms. The van der Waals surface area contributed by atoms with Gasteiger partial charge in [-0.15, -0.1) is 0 Å². The molecule has 3 N–H and O–H groups in total. The maximum atomic E-state index is 7.49. The van der Waals surface area contributed by atoms with Gasteiger partial charge in [0, 0.05) is 24.7 Å². The molecule has 1 aliphatic carbocycles. The number of nitrogens with two attached hydrogens (primary N) is 1. The summed E-state index contributed by atoms with van der Waals surface area (Å²) in [6, 6.07) is 11.2. The van der Waals surface area contributed by atoms with Crippen LogP contribution in [-0.4, -0.2) is 18.4 Å². The average Bonchev–Trinajstić information content (AvgIpc) is 2.44. The first-order valence-electron chi connectivity index (χ1n) is 7.72. The van der Waals surface area contributed by atoms with Crippen LogP contribution < -0.4 is 10.6 Å². The predicted molar refractivity (Wildman–Crippen MR) is 86.3 cm³/mol. The number of amidine groups is 1. The highest BCUT2D eigenvalue weighted by Crippen LogP contribution is 2.34. The van der Waals surface area contributed by atoms with Gasteiger partial charge < -0.3 is 10.6 Å². The summed E-state index contributed by atoms with van der Waals surface area (Å²) >= 11 is 0. The minimum Gasteiger partial charge on any atom is -0.388 e. The first kappa shape index (κ1) is 14.9. The van der Waals surface area contributed by atoms with Crippen molar-refractivity contribution in [2.24, 2.45) is 17.6 Å². The molecule has 20 heavy (non-hydrogen) atoms. The van der Waals surface area contributed by atoms with E-state index in [1.165, 1.54) is 24.9 Å². The van der Waals surface area contributed by atoms with Crippen molar-refractivity contribution in [1.82, 2.24) is 0 Å². The van der Waals surface area contributed by atoms with Gasteiger partial charge in [0.25, 0.3) is 0 Å². The SMILES string of the molecule is CC1CCC(N(CCC(=N)N)c2ccccc2)CC1C. The second kappa shape index (κ2) is 6.78. The van der Waals surface area contributed by atoms with Gasteiger partial charge in [0.05, 0.1) is 5.84 Å². The van der Waals surface area contributed by atoms with E-state index in [0.29, 0.717) is 12.5 Å². The minimum absolute atomic E-state index is 0.281. The Morgan fingerprint density at radius 2 is 1.90 bits per heavy atom. The Hall–Kier alpha value is -1.51. The number of benzene rings is 1. The quantitative estimate of drug-likeness (QED) is 0.635. The first-order chi connectivity index (χ1) is 9.58. The normalized spacial score (nSPS) is 26.2. The van der Waals surface area contributed by atoms with Crippen LogP contribution in [0.25, 0.3) is 0 Å². The monoisotopic (exact) mass is 273 g/mol. The molecule has 0 aliphatic heterocycles. The molecule has 0 heterocycles. The Kier molecular flexibility index (Phi) is 5.05. The number of para-hydroxylation sites is 1. The molecule has 3 unspecified atom stereocenters. The Bertz CT molecular complexity index is 429. The molecule has 0 amide bonds. The molecule has 3 atom stereocenters. The van der Waals surface area contributed by atoms with E-state index in [1.54, 1.807) is 0 Å². The molecular formula is C17H27N3. The van der Waals surface area contributed by atoms with Gasteiger partial charge in [0.15, 0.2) is 0 Å². The summed E-state index contributed by atoms with van der Waals surface area (Å²) in [5.74, 6) is 1.89. The van der Waals surface area contributed by atoms with Crippen LogP contribution >= 0.6 is 0 Å². The highest BCUT2D eigenvalue weighted by Gasteiger charge is 2.28. The van der Waals surface area contributed by atoms with Crippen LogP contribution in [0, 0.1) is 17.2 Å². The Balaban J connectivity index is 2.12. The Morgan fingerprint density at radius 1 is 1.20 bits per heavy atom. The van der Waals surface area contributed by atoms with E-state index in [2.05, 4.69) is 49.1 Å². The number of hydrogen-bond acceptors (Lipinski definition) is 2. The van der Waals surface area contributed by atoms with Crippen LogP contribution in [0.15, 0.2) is 30.3 Å². The lowest BCUT2D eigenvalue weighted by Gasteiger charge is -2.40. The van der Waals surface area contributed by atoms with Crippen molar-refractivity contribution in [2.45, 2.75) is 45.6 Å². The summed E-state index contributed by atoms with van der Waals surface area (Å²) in [4.78, 5) is 2.46. The van der Waals surface area contributed by atoms with Crippen molar-refractivity contribution >= 4 is 11.5 Å². The van der Waals surface area contributed by atoms with E-state index in [0.717, 1.165) is 18.4 Å². The fourth-order valence-electron chi connectivity index (χ4n) is 3.19. The second-order valence-corrected chi connectivity index (χ2v) is 6.23. The molecule has 110 valence electrons. The van der Waals surface area contributed by atoms with Crippen LogP contribution in [-0.2, 0) is 0 Å². The van der Waals surface area contributed by atoms with Gasteiger partial charge in [0.1, 0.15) is 0 Å². The zero-order chi connectivity index (χ0) is 14.5. The molecule has 3 heteroatoms. The van der Waals surface area contributed by atoms with E-state index in [1.807, 2.05) is 0 Å². The zero-order valence-electron chi connectivity index (χ0n) is 12.7. The fraction of sp³-hybridized carbons (Fsp3) is 0.588. The molecule has 0 aromatic heterocycles. The summed E-state index contributed by atoms with van der Waals surface area (Å²) in [5.41, 5.74) is 6.82. The molecule has 1 fully saturated rings. The first-order valence-corrected chi connectivity index (χ1v) is 7.72. The molecular weight excluding hydrogens is 246 g/mol. The summed E-state index contributed by atoms with van der Waals surface area (Å²) in [6.07, 6.45) is 4.44. The van der Waals surface area contributed by atoms with Gasteiger partial charge in [-0.25, -0.2) is 0 Å². The highest BCUT2D eigenvalue weighted by molar-refractivity contribution is 5.77. The lowest BCUT2D eigenvalue weighted by Crippen LogP contribution is -2.42. The molecule has 1 aromatic rings. The smallest absolute Gasteiger partial charge is 0.0923 e. The molecule has 0 spiro atoms. The van der Waals surface area contributed by atoms with Crippen molar-refractivity contribution < 1.29 is 0 Å². The molecule has 0 radical (unpaired) electrons. The van der Waals surface area contributed by atoms with E-state index in [-0.39, 0.29) is 5.84 Å². The molecule has 3 nitrogen and oxygen atoms in total. The predicted octanol–water partition coefficient (Wildman–Crippen LogP) is 3.64. The fourth-order valence-corrected chi connectivity index (χ4v) is 3.19. The van der Waals surface area contributed by atoms with Crippen molar-refractivity contribution in [1.29, 1.82) is 5.41 Å². The van der Waals surface area contributed by atoms with Gasteiger partial charge in [-0.3, -0.25) is 5.41 Å². The standard InChI is InChI=1S/C17H27N3/c1-13-8-9-16(12-14(13)2)20(11-10-17(18)19)15-6-4-3-5-7-15/h3-7,13-14,16H,8-12H2,1-2H3,(H3,18,19). The summed E-state index contributed by atoms with van der Waals surface area (Å²) in [7, 11) is 0. The van der Waals surface area contributed by atoms with Crippen molar-refractivity contribution in [3.63, 3.8) is 0 Å². The Morgan fingerprint density at radius 3 is 2.50 bits per heavy atom. The topological polar surface area (TPSA) is 53.1 Å². The average molecular weight is 273 g/mol. The zero-order valence-corrected chi connectivity index (χ0v) is 12.7. The van der Waals surface area contributed by atoms with Crippen molar-refractivity contribution in [3.8, 4) is 0 Å². The molecule has 1 aliphatic rings. The van der Waals surface area contributed by atoms with Crippen molar-refractivity contribution in [2.75, 3.05) is 11.4 Å². The molecule has 1 aromatic carbocycles. The van der Waals surface area contributed by atoms with Crippen LogP contribution in [0.4, 0.5) is 5.69 Å². The third-order valence-corrected chi connectivity index (χ3v) is 4.72. The number of nitrogens with one attached hydrogen (secondary N) is 1.